The fourth-order valence-corrected chi connectivity index (χ4v) is 0. The van der Waals surface area contributed by atoms with Crippen molar-refractivity contribution in [1.29, 1.82) is 0 Å². The van der Waals surface area contributed by atoms with Crippen LogP contribution in [-0.2, 0) is 0 Å². The molecule has 3 heteroatoms. The zero-order valence-electron chi connectivity index (χ0n) is 3.49. The summed E-state index contributed by atoms with van der Waals surface area (Å²) >= 11 is 0. The molecule has 0 amide bonds. The van der Waals surface area contributed by atoms with Crippen molar-refractivity contribution in [1.82, 2.24) is 0 Å². The molecule has 0 bridgehead atoms. The van der Waals surface area contributed by atoms with E-state index in [1.54, 1.807) is 0 Å². The normalized spacial score (nSPS) is 6.00. The first kappa shape index (κ1) is 9.10. The largest absolute Gasteiger partial charge is 1.00 e. The summed E-state index contributed by atoms with van der Waals surface area (Å²) < 4.78 is 0. The number of hydrogen-bond acceptors (Lipinski definition) is 1. The van der Waals surface area contributed by atoms with Crippen molar-refractivity contribution < 1.29 is 18.9 Å². The third-order valence-electron chi connectivity index (χ3n) is 0.144. The van der Waals surface area contributed by atoms with Crippen LogP contribution in [0.5, 0.6) is 0 Å². The van der Waals surface area contributed by atoms with Crippen molar-refractivity contribution in [2.45, 2.75) is 0 Å². The predicted molar refractivity (Wildman–Crippen MR) is 18.2 cm³/mol. The maximum Gasteiger partial charge on any atom is 1.00 e. The van der Waals surface area contributed by atoms with E-state index in [1.807, 2.05) is 0 Å². The first-order chi connectivity index (χ1) is 1.91. The monoisotopic (exact) mass is 66.1 g/mol. The second-order valence-corrected chi connectivity index (χ2v) is 0.539. The molecule has 0 aromatic carbocycles. The quantitative estimate of drug-likeness (QED) is 0.326. The SMILES string of the molecule is [Li+].[NH-]CCN. The van der Waals surface area contributed by atoms with Gasteiger partial charge in [-0.15, -0.1) is 6.54 Å². The molecule has 0 radical (unpaired) electrons. The molecule has 0 spiro atoms. The molecule has 0 fully saturated rings. The number of nitrogens with two attached hydrogens (primary N) is 1. The predicted octanol–water partition coefficient (Wildman–Crippen LogP) is -3.00. The van der Waals surface area contributed by atoms with Crippen molar-refractivity contribution in [3.05, 3.63) is 5.73 Å². The molecule has 0 aliphatic heterocycles. The van der Waals surface area contributed by atoms with E-state index in [9.17, 15) is 0 Å². The standard InChI is InChI=1S/C2H7N2.Li/c3-1-2-4;/h3H,1-2,4H2;/q-1;+1. The molecular formula is C2H7LiN2. The maximum atomic E-state index is 6.33. The Morgan fingerprint density at radius 1 is 1.60 bits per heavy atom. The Labute approximate surface area is 44.1 Å². The molecule has 0 rings (SSSR count). The van der Waals surface area contributed by atoms with Crippen molar-refractivity contribution >= 4 is 0 Å². The fourth-order valence-electron chi connectivity index (χ4n) is 0. The van der Waals surface area contributed by atoms with Crippen LogP contribution in [0.1, 0.15) is 0 Å². The minimum Gasteiger partial charge on any atom is -0.676 e. The van der Waals surface area contributed by atoms with E-state index in [1.165, 1.54) is 0 Å². The molecule has 0 unspecified atom stereocenters. The summed E-state index contributed by atoms with van der Waals surface area (Å²) in [5.41, 5.74) is 11.2. The molecule has 2 nitrogen and oxygen atoms in total. The summed E-state index contributed by atoms with van der Waals surface area (Å²) in [5, 5.41) is 0. The van der Waals surface area contributed by atoms with Gasteiger partial charge in [-0.3, -0.25) is 0 Å². The van der Waals surface area contributed by atoms with Crippen LogP contribution >= 0.6 is 0 Å². The van der Waals surface area contributed by atoms with Crippen molar-refractivity contribution in [3.8, 4) is 0 Å². The van der Waals surface area contributed by atoms with Crippen LogP contribution < -0.4 is 24.6 Å². The fraction of sp³-hybridized carbons (Fsp3) is 1.00. The first-order valence-electron chi connectivity index (χ1n) is 1.26. The van der Waals surface area contributed by atoms with Crippen LogP contribution in [0, 0.1) is 0 Å². The zero-order valence-corrected chi connectivity index (χ0v) is 3.49. The van der Waals surface area contributed by atoms with E-state index in [0.29, 0.717) is 13.1 Å². The molecule has 0 heterocycles. The van der Waals surface area contributed by atoms with Crippen LogP contribution in [0.25, 0.3) is 5.73 Å². The van der Waals surface area contributed by atoms with Crippen LogP contribution in [0.3, 0.4) is 0 Å². The Bertz CT molecular complexity index is 9.61. The Morgan fingerprint density at radius 2 is 1.80 bits per heavy atom. The van der Waals surface area contributed by atoms with Gasteiger partial charge in [-0.2, -0.15) is 0 Å². The summed E-state index contributed by atoms with van der Waals surface area (Å²) in [5.74, 6) is 0. The topological polar surface area (TPSA) is 49.8 Å². The Balaban J connectivity index is 0. The molecule has 0 aromatic rings. The molecular weight excluding hydrogens is 59.0 g/mol. The van der Waals surface area contributed by atoms with Gasteiger partial charge in [-0.1, -0.05) is 0 Å². The third-order valence-corrected chi connectivity index (χ3v) is 0.144. The second-order valence-electron chi connectivity index (χ2n) is 0.539. The molecule has 3 N–H and O–H groups in total. The van der Waals surface area contributed by atoms with Gasteiger partial charge in [0.2, 0.25) is 0 Å². The average molecular weight is 66.0 g/mol. The summed E-state index contributed by atoms with van der Waals surface area (Å²) in [7, 11) is 0. The molecule has 0 saturated heterocycles. The second kappa shape index (κ2) is 8.82. The summed E-state index contributed by atoms with van der Waals surface area (Å²) in [4.78, 5) is 0. The minimum absolute atomic E-state index is 0. The van der Waals surface area contributed by atoms with Crippen LogP contribution in [-0.4, -0.2) is 13.1 Å². The number of nitrogens with one attached hydrogen (secondary N) is 1. The van der Waals surface area contributed by atoms with Crippen LogP contribution in [0.15, 0.2) is 0 Å². The van der Waals surface area contributed by atoms with E-state index in [0.717, 1.165) is 0 Å². The van der Waals surface area contributed by atoms with Crippen LogP contribution in [0.4, 0.5) is 0 Å². The van der Waals surface area contributed by atoms with E-state index in [4.69, 9.17) is 11.5 Å². The van der Waals surface area contributed by atoms with E-state index in [2.05, 4.69) is 0 Å². The first-order valence-corrected chi connectivity index (χ1v) is 1.26. The smallest absolute Gasteiger partial charge is 0.676 e. The summed E-state index contributed by atoms with van der Waals surface area (Å²) in [6.07, 6.45) is 0. The van der Waals surface area contributed by atoms with Gasteiger partial charge in [0, 0.05) is 0 Å². The molecule has 0 aliphatic rings. The van der Waals surface area contributed by atoms with Gasteiger partial charge in [-0.05, 0) is 6.54 Å². The van der Waals surface area contributed by atoms with E-state index >= 15 is 0 Å². The molecule has 0 saturated carbocycles. The number of hydrogen-bond donors (Lipinski definition) is 1. The van der Waals surface area contributed by atoms with Gasteiger partial charge in [0.1, 0.15) is 0 Å². The van der Waals surface area contributed by atoms with Crippen molar-refractivity contribution in [2.24, 2.45) is 5.73 Å². The van der Waals surface area contributed by atoms with Gasteiger partial charge < -0.3 is 11.5 Å². The third kappa shape index (κ3) is 12.4. The van der Waals surface area contributed by atoms with Gasteiger partial charge in [0.25, 0.3) is 0 Å². The molecule has 5 heavy (non-hydrogen) atoms. The van der Waals surface area contributed by atoms with Gasteiger partial charge >= 0.3 is 18.9 Å². The molecule has 0 aliphatic carbocycles. The molecule has 0 aromatic heterocycles. The van der Waals surface area contributed by atoms with E-state index in [-0.39, 0.29) is 18.9 Å². The summed E-state index contributed by atoms with van der Waals surface area (Å²) in [6.45, 7) is 0.833. The van der Waals surface area contributed by atoms with Crippen LogP contribution in [0.2, 0.25) is 0 Å². The Kier molecular flexibility index (Phi) is 16.1. The average Bonchev–Trinajstić information content (AvgIpc) is 1.37. The summed E-state index contributed by atoms with van der Waals surface area (Å²) in [6, 6.07) is 0. The molecule has 26 valence electrons. The van der Waals surface area contributed by atoms with Gasteiger partial charge in [0.15, 0.2) is 0 Å². The Morgan fingerprint density at radius 3 is 1.80 bits per heavy atom. The van der Waals surface area contributed by atoms with E-state index < -0.39 is 0 Å². The molecule has 0 atom stereocenters. The van der Waals surface area contributed by atoms with Crippen molar-refractivity contribution in [3.63, 3.8) is 0 Å². The number of rotatable bonds is 1. The van der Waals surface area contributed by atoms with Gasteiger partial charge in [0.05, 0.1) is 0 Å². The zero-order chi connectivity index (χ0) is 3.41. The minimum atomic E-state index is 0. The van der Waals surface area contributed by atoms with Gasteiger partial charge in [-0.25, -0.2) is 0 Å². The maximum absolute atomic E-state index is 6.33. The Hall–Kier alpha value is 0.517. The van der Waals surface area contributed by atoms with Crippen molar-refractivity contribution in [2.75, 3.05) is 13.1 Å².